The fourth-order valence-electron chi connectivity index (χ4n) is 0.912. The Kier molecular flexibility index (Phi) is 2.86. The summed E-state index contributed by atoms with van der Waals surface area (Å²) in [5, 5.41) is 0.287. The van der Waals surface area contributed by atoms with Crippen LogP contribution in [0.1, 0.15) is 11.5 Å². The van der Waals surface area contributed by atoms with Crippen molar-refractivity contribution in [3.05, 3.63) is 41.8 Å². The van der Waals surface area contributed by atoms with Crippen LogP contribution in [-0.4, -0.2) is 6.18 Å². The van der Waals surface area contributed by atoms with E-state index in [0.29, 0.717) is 0 Å². The molecule has 1 radical (unpaired) electrons. The Hall–Kier alpha value is -0.700. The lowest BCUT2D eigenvalue weighted by atomic mass is 10.0. The van der Waals surface area contributed by atoms with Crippen LogP contribution in [-0.2, 0) is 0 Å². The first-order chi connectivity index (χ1) is 5.91. The predicted octanol–water partition coefficient (Wildman–Crippen LogP) is 3.82. The molecule has 0 amide bonds. The van der Waals surface area contributed by atoms with Crippen molar-refractivity contribution in [2.45, 2.75) is 12.1 Å². The Bertz CT molecular complexity index is 293. The fraction of sp³-hybridized carbons (Fsp3) is 0.222. The summed E-state index contributed by atoms with van der Waals surface area (Å²) in [4.78, 5) is 0. The van der Waals surface area contributed by atoms with E-state index in [4.69, 9.17) is 11.6 Å². The first-order valence-corrected chi connectivity index (χ1v) is 3.94. The van der Waals surface area contributed by atoms with Crippen molar-refractivity contribution in [3.8, 4) is 0 Å². The summed E-state index contributed by atoms with van der Waals surface area (Å²) in [5.41, 5.74) is 0.0833. The molecule has 0 aliphatic rings. The molecule has 1 aromatic carbocycles. The third-order valence-electron chi connectivity index (χ3n) is 1.65. The Morgan fingerprint density at radius 2 is 1.92 bits per heavy atom. The maximum atomic E-state index is 12.2. The zero-order chi connectivity index (χ0) is 10.1. The number of alkyl halides is 3. The topological polar surface area (TPSA) is 0 Å². The molecule has 0 fully saturated rings. The molecule has 0 aliphatic carbocycles. The summed E-state index contributed by atoms with van der Waals surface area (Å²) >= 11 is 5.54. The van der Waals surface area contributed by atoms with Gasteiger partial charge >= 0.3 is 6.18 Å². The Labute approximate surface area is 79.3 Å². The van der Waals surface area contributed by atoms with E-state index in [1.165, 1.54) is 24.3 Å². The van der Waals surface area contributed by atoms with Gasteiger partial charge in [0.25, 0.3) is 0 Å². The van der Waals surface area contributed by atoms with Gasteiger partial charge in [-0.3, -0.25) is 0 Å². The van der Waals surface area contributed by atoms with Gasteiger partial charge in [-0.25, -0.2) is 0 Å². The molecule has 13 heavy (non-hydrogen) atoms. The molecule has 1 rings (SSSR count). The average molecular weight is 208 g/mol. The van der Waals surface area contributed by atoms with E-state index in [0.717, 1.165) is 0 Å². The highest BCUT2D eigenvalue weighted by atomic mass is 35.5. The van der Waals surface area contributed by atoms with Crippen molar-refractivity contribution in [1.29, 1.82) is 0 Å². The van der Waals surface area contributed by atoms with Crippen molar-refractivity contribution in [2.75, 3.05) is 0 Å². The quantitative estimate of drug-likeness (QED) is 0.657. The minimum Gasteiger partial charge on any atom is -0.170 e. The predicted molar refractivity (Wildman–Crippen MR) is 45.6 cm³/mol. The smallest absolute Gasteiger partial charge is 0.170 e. The summed E-state index contributed by atoms with van der Waals surface area (Å²) < 4.78 is 36.5. The Morgan fingerprint density at radius 3 is 2.38 bits per heavy atom. The molecule has 0 saturated heterocycles. The lowest BCUT2D eigenvalue weighted by Crippen LogP contribution is -2.17. The van der Waals surface area contributed by atoms with Crippen LogP contribution in [0.25, 0.3) is 0 Å². The highest BCUT2D eigenvalue weighted by Gasteiger charge is 2.36. The van der Waals surface area contributed by atoms with E-state index in [-0.39, 0.29) is 10.6 Å². The highest BCUT2D eigenvalue weighted by Crippen LogP contribution is 2.34. The van der Waals surface area contributed by atoms with Gasteiger partial charge in [0.2, 0.25) is 0 Å². The van der Waals surface area contributed by atoms with Gasteiger partial charge in [-0.1, -0.05) is 23.7 Å². The molecule has 0 spiro atoms. The van der Waals surface area contributed by atoms with Gasteiger partial charge in [-0.05, 0) is 24.6 Å². The van der Waals surface area contributed by atoms with Gasteiger partial charge in [-0.15, -0.1) is 0 Å². The lowest BCUT2D eigenvalue weighted by Gasteiger charge is -2.15. The summed E-state index contributed by atoms with van der Waals surface area (Å²) in [5.74, 6) is -1.72. The summed E-state index contributed by atoms with van der Waals surface area (Å²) in [6, 6.07) is 5.62. The summed E-state index contributed by atoms with van der Waals surface area (Å²) in [6.45, 7) is 3.04. The maximum absolute atomic E-state index is 12.2. The summed E-state index contributed by atoms with van der Waals surface area (Å²) in [7, 11) is 0. The minimum atomic E-state index is -4.31. The van der Waals surface area contributed by atoms with Crippen LogP contribution < -0.4 is 0 Å². The molecule has 1 unspecified atom stereocenters. The van der Waals surface area contributed by atoms with Crippen LogP contribution >= 0.6 is 11.6 Å². The van der Waals surface area contributed by atoms with Crippen LogP contribution in [0, 0.1) is 6.92 Å². The van der Waals surface area contributed by atoms with E-state index in [2.05, 4.69) is 6.92 Å². The molecular weight excluding hydrogens is 201 g/mol. The molecule has 71 valence electrons. The van der Waals surface area contributed by atoms with E-state index < -0.39 is 12.1 Å². The van der Waals surface area contributed by atoms with Crippen molar-refractivity contribution in [1.82, 2.24) is 0 Å². The number of benzene rings is 1. The van der Waals surface area contributed by atoms with Gasteiger partial charge in [-0.2, -0.15) is 13.2 Å². The summed E-state index contributed by atoms with van der Waals surface area (Å²) in [6.07, 6.45) is -4.31. The zero-order valence-electron chi connectivity index (χ0n) is 6.61. The van der Waals surface area contributed by atoms with Crippen LogP contribution in [0.4, 0.5) is 13.2 Å². The van der Waals surface area contributed by atoms with Gasteiger partial charge < -0.3 is 0 Å². The van der Waals surface area contributed by atoms with Crippen molar-refractivity contribution < 1.29 is 13.2 Å². The molecule has 0 aliphatic heterocycles. The number of hydrogen-bond donors (Lipinski definition) is 0. The second-order valence-corrected chi connectivity index (χ2v) is 3.09. The van der Waals surface area contributed by atoms with Gasteiger partial charge in [0.1, 0.15) is 0 Å². The van der Waals surface area contributed by atoms with Crippen molar-refractivity contribution >= 4 is 11.6 Å². The molecule has 1 aromatic rings. The Balaban J connectivity index is 2.96. The third-order valence-corrected chi connectivity index (χ3v) is 1.88. The zero-order valence-corrected chi connectivity index (χ0v) is 7.36. The van der Waals surface area contributed by atoms with Crippen LogP contribution in [0.15, 0.2) is 24.3 Å². The van der Waals surface area contributed by atoms with E-state index >= 15 is 0 Å². The first kappa shape index (κ1) is 10.4. The molecule has 0 aromatic heterocycles. The SMILES string of the molecule is [CH2]C(c1cccc(Cl)c1)C(F)(F)F. The number of halogens is 4. The van der Waals surface area contributed by atoms with Gasteiger partial charge in [0.15, 0.2) is 0 Å². The molecule has 0 bridgehead atoms. The second kappa shape index (κ2) is 3.58. The molecule has 0 N–H and O–H groups in total. The molecular formula is C9H7ClF3. The number of rotatable bonds is 1. The second-order valence-electron chi connectivity index (χ2n) is 2.65. The minimum absolute atomic E-state index is 0.0833. The van der Waals surface area contributed by atoms with Crippen LogP contribution in [0.3, 0.4) is 0 Å². The van der Waals surface area contributed by atoms with E-state index in [9.17, 15) is 13.2 Å². The van der Waals surface area contributed by atoms with E-state index in [1.54, 1.807) is 0 Å². The third kappa shape index (κ3) is 2.62. The van der Waals surface area contributed by atoms with Gasteiger partial charge in [0, 0.05) is 5.02 Å². The molecule has 1 atom stereocenters. The molecule has 0 nitrogen and oxygen atoms in total. The van der Waals surface area contributed by atoms with E-state index in [1.807, 2.05) is 0 Å². The first-order valence-electron chi connectivity index (χ1n) is 3.56. The highest BCUT2D eigenvalue weighted by molar-refractivity contribution is 6.30. The normalized spacial score (nSPS) is 14.2. The van der Waals surface area contributed by atoms with Crippen molar-refractivity contribution in [3.63, 3.8) is 0 Å². The maximum Gasteiger partial charge on any atom is 0.395 e. The van der Waals surface area contributed by atoms with Crippen LogP contribution in [0.2, 0.25) is 5.02 Å². The molecule has 0 heterocycles. The Morgan fingerprint density at radius 1 is 1.31 bits per heavy atom. The molecule has 4 heteroatoms. The lowest BCUT2D eigenvalue weighted by molar-refractivity contribution is -0.140. The number of hydrogen-bond acceptors (Lipinski definition) is 0. The fourth-order valence-corrected chi connectivity index (χ4v) is 1.11. The standard InChI is InChI=1S/C9H7ClF3/c1-6(9(11,12)13)7-3-2-4-8(10)5-7/h2-6H,1H2. The van der Waals surface area contributed by atoms with Gasteiger partial charge in [0.05, 0.1) is 5.92 Å². The largest absolute Gasteiger partial charge is 0.395 e. The van der Waals surface area contributed by atoms with Crippen molar-refractivity contribution in [2.24, 2.45) is 0 Å². The van der Waals surface area contributed by atoms with Crippen LogP contribution in [0.5, 0.6) is 0 Å². The average Bonchev–Trinajstić information content (AvgIpc) is 2.01. The monoisotopic (exact) mass is 207 g/mol. The molecule has 0 saturated carbocycles.